The van der Waals surface area contributed by atoms with Crippen molar-refractivity contribution in [3.05, 3.63) is 0 Å². The Bertz CT molecular complexity index is 459. The molecule has 118 valence electrons. The summed E-state index contributed by atoms with van der Waals surface area (Å²) in [5.41, 5.74) is -0.813. The summed E-state index contributed by atoms with van der Waals surface area (Å²) < 4.78 is 0. The molecule has 0 bridgehead atoms. The first-order valence-electron chi connectivity index (χ1n) is 7.71. The van der Waals surface area contributed by atoms with Crippen molar-refractivity contribution in [3.8, 4) is 0 Å². The van der Waals surface area contributed by atoms with Crippen molar-refractivity contribution in [1.29, 1.82) is 0 Å². The summed E-state index contributed by atoms with van der Waals surface area (Å²) in [6.07, 6.45) is 1.91. The molecule has 1 saturated carbocycles. The fraction of sp³-hybridized carbons (Fsp3) is 0.800. The maximum absolute atomic E-state index is 12.5. The number of rotatable bonds is 6. The monoisotopic (exact) mass is 295 g/mol. The summed E-state index contributed by atoms with van der Waals surface area (Å²) in [7, 11) is 0. The Labute approximate surface area is 125 Å². The van der Waals surface area contributed by atoms with Crippen molar-refractivity contribution < 1.29 is 14.4 Å². The zero-order valence-corrected chi connectivity index (χ0v) is 13.3. The van der Waals surface area contributed by atoms with Gasteiger partial charge in [0.1, 0.15) is 12.1 Å². The Hall–Kier alpha value is -1.59. The highest BCUT2D eigenvalue weighted by Gasteiger charge is 2.56. The predicted octanol–water partition coefficient (Wildman–Crippen LogP) is 1.21. The maximum Gasteiger partial charge on any atom is 0.325 e. The van der Waals surface area contributed by atoms with Gasteiger partial charge in [0.25, 0.3) is 5.91 Å². The molecule has 4 amide bonds. The Morgan fingerprint density at radius 2 is 2.05 bits per heavy atom. The molecule has 1 unspecified atom stereocenters. The molecule has 1 atom stereocenters. The number of carbonyl (C=O) groups excluding carboxylic acids is 3. The third-order valence-corrected chi connectivity index (χ3v) is 4.31. The van der Waals surface area contributed by atoms with Crippen molar-refractivity contribution in [2.45, 2.75) is 46.1 Å². The number of nitrogens with one attached hydrogen (secondary N) is 1. The molecule has 2 rings (SSSR count). The lowest BCUT2D eigenvalue weighted by Crippen LogP contribution is -2.47. The first-order valence-corrected chi connectivity index (χ1v) is 7.71. The quantitative estimate of drug-likeness (QED) is 0.749. The second kappa shape index (κ2) is 5.66. The molecule has 0 aromatic carbocycles. The molecule has 0 radical (unpaired) electrons. The summed E-state index contributed by atoms with van der Waals surface area (Å²) >= 11 is 0. The standard InChI is InChI=1S/C15H25N3O3/c1-5-17(8-10(2)3)12(19)9-18-13(20)15(4,11-6-7-11)16-14(18)21/h10-11H,5-9H2,1-4H3,(H,16,21). The normalized spacial score (nSPS) is 25.5. The zero-order chi connectivity index (χ0) is 15.8. The minimum absolute atomic E-state index is 0.159. The largest absolute Gasteiger partial charge is 0.341 e. The summed E-state index contributed by atoms with van der Waals surface area (Å²) in [5.74, 6) is 0.138. The van der Waals surface area contributed by atoms with E-state index in [9.17, 15) is 14.4 Å². The first-order chi connectivity index (χ1) is 9.79. The average Bonchev–Trinajstić information content (AvgIpc) is 3.22. The van der Waals surface area contributed by atoms with Gasteiger partial charge in [-0.2, -0.15) is 0 Å². The number of hydrogen-bond acceptors (Lipinski definition) is 3. The average molecular weight is 295 g/mol. The van der Waals surface area contributed by atoms with Crippen LogP contribution >= 0.6 is 0 Å². The molecule has 0 spiro atoms. The van der Waals surface area contributed by atoms with Crippen LogP contribution in [0.25, 0.3) is 0 Å². The fourth-order valence-corrected chi connectivity index (χ4v) is 2.88. The number of likely N-dealkylation sites (N-methyl/N-ethyl adjacent to an activating group) is 1. The van der Waals surface area contributed by atoms with Crippen molar-refractivity contribution in [2.75, 3.05) is 19.6 Å². The van der Waals surface area contributed by atoms with E-state index in [1.54, 1.807) is 11.8 Å². The van der Waals surface area contributed by atoms with Crippen LogP contribution < -0.4 is 5.32 Å². The number of nitrogens with zero attached hydrogens (tertiary/aromatic N) is 2. The molecule has 1 aliphatic carbocycles. The van der Waals surface area contributed by atoms with Gasteiger partial charge in [-0.1, -0.05) is 13.8 Å². The molecule has 6 nitrogen and oxygen atoms in total. The smallest absolute Gasteiger partial charge is 0.325 e. The van der Waals surface area contributed by atoms with Gasteiger partial charge >= 0.3 is 6.03 Å². The lowest BCUT2D eigenvalue weighted by molar-refractivity contribution is -0.139. The van der Waals surface area contributed by atoms with Crippen LogP contribution in [0.15, 0.2) is 0 Å². The molecule has 0 aromatic rings. The van der Waals surface area contributed by atoms with Gasteiger partial charge in [-0.05, 0) is 38.5 Å². The van der Waals surface area contributed by atoms with E-state index in [2.05, 4.69) is 5.32 Å². The van der Waals surface area contributed by atoms with E-state index in [4.69, 9.17) is 0 Å². The van der Waals surface area contributed by atoms with E-state index in [0.717, 1.165) is 17.7 Å². The van der Waals surface area contributed by atoms with Crippen molar-refractivity contribution in [2.24, 2.45) is 11.8 Å². The summed E-state index contributed by atoms with van der Waals surface area (Å²) in [6, 6.07) is -0.441. The number of urea groups is 1. The molecular formula is C15H25N3O3. The molecule has 6 heteroatoms. The SMILES string of the molecule is CCN(CC(C)C)C(=O)CN1C(=O)NC(C)(C2CC2)C1=O. The Kier molecular flexibility index (Phi) is 4.25. The molecule has 1 heterocycles. The van der Waals surface area contributed by atoms with E-state index in [0.29, 0.717) is 19.0 Å². The van der Waals surface area contributed by atoms with E-state index < -0.39 is 11.6 Å². The second-order valence-electron chi connectivity index (χ2n) is 6.62. The van der Waals surface area contributed by atoms with Crippen molar-refractivity contribution >= 4 is 17.8 Å². The fourth-order valence-electron chi connectivity index (χ4n) is 2.88. The minimum atomic E-state index is -0.813. The van der Waals surface area contributed by atoms with E-state index in [-0.39, 0.29) is 24.3 Å². The topological polar surface area (TPSA) is 69.7 Å². The Morgan fingerprint density at radius 1 is 1.43 bits per heavy atom. The molecule has 1 saturated heterocycles. The van der Waals surface area contributed by atoms with E-state index >= 15 is 0 Å². The molecule has 0 aromatic heterocycles. The molecule has 1 N–H and O–H groups in total. The lowest BCUT2D eigenvalue weighted by atomic mass is 9.96. The highest BCUT2D eigenvalue weighted by atomic mass is 16.2. The number of hydrogen-bond donors (Lipinski definition) is 1. The van der Waals surface area contributed by atoms with Crippen molar-refractivity contribution in [3.63, 3.8) is 0 Å². The van der Waals surface area contributed by atoms with Gasteiger partial charge in [-0.15, -0.1) is 0 Å². The van der Waals surface area contributed by atoms with Crippen LogP contribution in [0.5, 0.6) is 0 Å². The number of imide groups is 1. The van der Waals surface area contributed by atoms with E-state index in [1.807, 2.05) is 20.8 Å². The lowest BCUT2D eigenvalue weighted by Gasteiger charge is -2.25. The summed E-state index contributed by atoms with van der Waals surface area (Å²) in [4.78, 5) is 39.6. The Morgan fingerprint density at radius 3 is 2.52 bits per heavy atom. The molecule has 21 heavy (non-hydrogen) atoms. The molecule has 2 aliphatic rings. The summed E-state index contributed by atoms with van der Waals surface area (Å²) in [5, 5.41) is 2.76. The highest BCUT2D eigenvalue weighted by molar-refractivity contribution is 6.09. The third-order valence-electron chi connectivity index (χ3n) is 4.31. The Balaban J connectivity index is 2.03. The van der Waals surface area contributed by atoms with Crippen LogP contribution in [0, 0.1) is 11.8 Å². The van der Waals surface area contributed by atoms with Gasteiger partial charge in [0.2, 0.25) is 5.91 Å². The number of carbonyl (C=O) groups is 3. The third kappa shape index (κ3) is 3.04. The van der Waals surface area contributed by atoms with Crippen LogP contribution in [-0.4, -0.2) is 52.8 Å². The predicted molar refractivity (Wildman–Crippen MR) is 78.5 cm³/mol. The van der Waals surface area contributed by atoms with Crippen LogP contribution in [0.1, 0.15) is 40.5 Å². The van der Waals surface area contributed by atoms with Crippen LogP contribution in [0.4, 0.5) is 4.79 Å². The first kappa shape index (κ1) is 15.8. The van der Waals surface area contributed by atoms with Crippen LogP contribution in [-0.2, 0) is 9.59 Å². The van der Waals surface area contributed by atoms with Gasteiger partial charge in [0.15, 0.2) is 0 Å². The van der Waals surface area contributed by atoms with E-state index in [1.165, 1.54) is 0 Å². The molecule has 1 aliphatic heterocycles. The van der Waals surface area contributed by atoms with Gasteiger partial charge in [0.05, 0.1) is 0 Å². The van der Waals surface area contributed by atoms with Gasteiger partial charge in [0, 0.05) is 13.1 Å². The van der Waals surface area contributed by atoms with Gasteiger partial charge in [-0.3, -0.25) is 14.5 Å². The van der Waals surface area contributed by atoms with Crippen LogP contribution in [0.3, 0.4) is 0 Å². The van der Waals surface area contributed by atoms with Gasteiger partial charge in [-0.25, -0.2) is 4.79 Å². The minimum Gasteiger partial charge on any atom is -0.341 e. The molecular weight excluding hydrogens is 270 g/mol. The summed E-state index contributed by atoms with van der Waals surface area (Å²) in [6.45, 7) is 8.80. The molecule has 2 fully saturated rings. The maximum atomic E-state index is 12.5. The van der Waals surface area contributed by atoms with Crippen LogP contribution in [0.2, 0.25) is 0 Å². The zero-order valence-electron chi connectivity index (χ0n) is 13.3. The van der Waals surface area contributed by atoms with Crippen molar-refractivity contribution in [1.82, 2.24) is 15.1 Å². The number of amides is 4. The highest BCUT2D eigenvalue weighted by Crippen LogP contribution is 2.42. The second-order valence-corrected chi connectivity index (χ2v) is 6.62. The van der Waals surface area contributed by atoms with Gasteiger partial charge < -0.3 is 10.2 Å².